The van der Waals surface area contributed by atoms with Gasteiger partial charge in [-0.05, 0) is 30.9 Å². The van der Waals surface area contributed by atoms with E-state index >= 15 is 0 Å². The zero-order valence-electron chi connectivity index (χ0n) is 11.0. The van der Waals surface area contributed by atoms with Gasteiger partial charge in [0.25, 0.3) is 0 Å². The molecule has 1 aromatic heterocycles. The second-order valence-corrected chi connectivity index (χ2v) is 6.21. The summed E-state index contributed by atoms with van der Waals surface area (Å²) in [4.78, 5) is 0. The van der Waals surface area contributed by atoms with Crippen molar-refractivity contribution >= 4 is 11.6 Å². The highest BCUT2D eigenvalue weighted by atomic mass is 35.5. The van der Waals surface area contributed by atoms with Gasteiger partial charge in [0.2, 0.25) is 5.28 Å². The zero-order valence-corrected chi connectivity index (χ0v) is 11.7. The molecular weight excluding hydrogens is 238 g/mol. The van der Waals surface area contributed by atoms with Gasteiger partial charge in [-0.25, -0.2) is 0 Å². The van der Waals surface area contributed by atoms with Gasteiger partial charge in [0.15, 0.2) is 0 Å². The Hall–Kier alpha value is -0.610. The first-order valence-electron chi connectivity index (χ1n) is 6.02. The zero-order chi connectivity index (χ0) is 12.7. The van der Waals surface area contributed by atoms with Crippen molar-refractivity contribution in [1.82, 2.24) is 14.8 Å². The van der Waals surface area contributed by atoms with Crippen molar-refractivity contribution in [3.63, 3.8) is 0 Å². The number of methoxy groups -OCH3 is 1. The van der Waals surface area contributed by atoms with Crippen molar-refractivity contribution in [3.8, 4) is 0 Å². The van der Waals surface area contributed by atoms with Crippen LogP contribution in [0.1, 0.15) is 45.9 Å². The number of hydrogen-bond acceptors (Lipinski definition) is 3. The summed E-state index contributed by atoms with van der Waals surface area (Å²) in [5, 5.41) is 8.63. The number of rotatable bonds is 3. The SMILES string of the molecule is COC1(Cn2c(Cl)nnc2C(C)(C)C)CCC1. The van der Waals surface area contributed by atoms with Gasteiger partial charge >= 0.3 is 0 Å². The van der Waals surface area contributed by atoms with Crippen molar-refractivity contribution in [3.05, 3.63) is 11.1 Å². The van der Waals surface area contributed by atoms with Crippen LogP contribution in [-0.4, -0.2) is 27.5 Å². The molecule has 0 aromatic carbocycles. The summed E-state index contributed by atoms with van der Waals surface area (Å²) >= 11 is 6.13. The molecule has 0 bridgehead atoms. The maximum absolute atomic E-state index is 6.13. The Morgan fingerprint density at radius 2 is 2.00 bits per heavy atom. The molecule has 4 nitrogen and oxygen atoms in total. The average Bonchev–Trinajstić information content (AvgIpc) is 2.53. The molecule has 0 amide bonds. The fourth-order valence-corrected chi connectivity index (χ4v) is 2.44. The molecule has 0 unspecified atom stereocenters. The lowest BCUT2D eigenvalue weighted by Gasteiger charge is -2.41. The van der Waals surface area contributed by atoms with E-state index in [1.165, 1.54) is 6.42 Å². The molecule has 0 aliphatic heterocycles. The van der Waals surface area contributed by atoms with Crippen LogP contribution in [0.5, 0.6) is 0 Å². The minimum absolute atomic E-state index is 0.0567. The van der Waals surface area contributed by atoms with Crippen LogP contribution in [0.4, 0.5) is 0 Å². The largest absolute Gasteiger partial charge is 0.376 e. The molecule has 0 radical (unpaired) electrons. The Morgan fingerprint density at radius 1 is 1.35 bits per heavy atom. The Labute approximate surface area is 107 Å². The maximum Gasteiger partial charge on any atom is 0.225 e. The lowest BCUT2D eigenvalue weighted by molar-refractivity contribution is -0.0842. The molecule has 1 heterocycles. The first kappa shape index (κ1) is 12.8. The van der Waals surface area contributed by atoms with Crippen LogP contribution < -0.4 is 0 Å². The van der Waals surface area contributed by atoms with Gasteiger partial charge in [-0.1, -0.05) is 20.8 Å². The van der Waals surface area contributed by atoms with Crippen LogP contribution in [0.25, 0.3) is 0 Å². The van der Waals surface area contributed by atoms with E-state index in [0.29, 0.717) is 5.28 Å². The highest BCUT2D eigenvalue weighted by molar-refractivity contribution is 6.28. The van der Waals surface area contributed by atoms with E-state index in [1.54, 1.807) is 7.11 Å². The summed E-state index contributed by atoms with van der Waals surface area (Å²) < 4.78 is 7.63. The van der Waals surface area contributed by atoms with Gasteiger partial charge in [-0.3, -0.25) is 4.57 Å². The van der Waals surface area contributed by atoms with Crippen LogP contribution >= 0.6 is 11.6 Å². The van der Waals surface area contributed by atoms with Crippen LogP contribution in [-0.2, 0) is 16.7 Å². The summed E-state index contributed by atoms with van der Waals surface area (Å²) in [5.41, 5.74) is -0.120. The molecule has 0 saturated heterocycles. The van der Waals surface area contributed by atoms with E-state index in [2.05, 4.69) is 31.0 Å². The average molecular weight is 258 g/mol. The lowest BCUT2D eigenvalue weighted by atomic mass is 9.79. The molecule has 1 aromatic rings. The number of halogens is 1. The Bertz CT molecular complexity index is 399. The third-order valence-electron chi connectivity index (χ3n) is 3.52. The number of aromatic nitrogens is 3. The van der Waals surface area contributed by atoms with Gasteiger partial charge in [0.1, 0.15) is 5.82 Å². The number of hydrogen-bond donors (Lipinski definition) is 0. The molecule has 1 saturated carbocycles. The number of nitrogens with zero attached hydrogens (tertiary/aromatic N) is 3. The first-order valence-corrected chi connectivity index (χ1v) is 6.40. The third kappa shape index (κ3) is 2.33. The minimum Gasteiger partial charge on any atom is -0.376 e. The van der Waals surface area contributed by atoms with E-state index in [0.717, 1.165) is 25.2 Å². The highest BCUT2D eigenvalue weighted by Gasteiger charge is 2.39. The molecule has 96 valence electrons. The van der Waals surface area contributed by atoms with Gasteiger partial charge in [0.05, 0.1) is 12.1 Å². The van der Waals surface area contributed by atoms with Crippen molar-refractivity contribution in [2.45, 2.75) is 57.6 Å². The lowest BCUT2D eigenvalue weighted by Crippen LogP contribution is -2.44. The van der Waals surface area contributed by atoms with E-state index in [4.69, 9.17) is 16.3 Å². The first-order chi connectivity index (χ1) is 7.88. The van der Waals surface area contributed by atoms with Crippen LogP contribution in [0.3, 0.4) is 0 Å². The second-order valence-electron chi connectivity index (χ2n) is 5.87. The minimum atomic E-state index is -0.0635. The molecule has 2 rings (SSSR count). The van der Waals surface area contributed by atoms with E-state index in [9.17, 15) is 0 Å². The highest BCUT2D eigenvalue weighted by Crippen LogP contribution is 2.38. The van der Waals surface area contributed by atoms with Crippen LogP contribution in [0.15, 0.2) is 0 Å². The molecule has 17 heavy (non-hydrogen) atoms. The van der Waals surface area contributed by atoms with Crippen molar-refractivity contribution < 1.29 is 4.74 Å². The monoisotopic (exact) mass is 257 g/mol. The predicted octanol–water partition coefficient (Wildman–Crippen LogP) is 2.80. The fourth-order valence-electron chi connectivity index (χ4n) is 2.27. The van der Waals surface area contributed by atoms with Gasteiger partial charge in [-0.15, -0.1) is 10.2 Å². The Kier molecular flexibility index (Phi) is 3.21. The van der Waals surface area contributed by atoms with Crippen LogP contribution in [0.2, 0.25) is 5.28 Å². The summed E-state index contributed by atoms with van der Waals surface area (Å²) in [5.74, 6) is 0.922. The Balaban J connectivity index is 2.29. The Morgan fingerprint density at radius 3 is 2.41 bits per heavy atom. The molecule has 0 atom stereocenters. The van der Waals surface area contributed by atoms with Crippen molar-refractivity contribution in [2.24, 2.45) is 0 Å². The molecule has 1 aliphatic carbocycles. The van der Waals surface area contributed by atoms with Gasteiger partial charge in [0, 0.05) is 12.5 Å². The molecule has 5 heteroatoms. The smallest absolute Gasteiger partial charge is 0.225 e. The third-order valence-corrected chi connectivity index (χ3v) is 3.80. The normalized spacial score (nSPS) is 19.1. The molecule has 1 fully saturated rings. The summed E-state index contributed by atoms with van der Waals surface area (Å²) in [6, 6.07) is 0. The second kappa shape index (κ2) is 4.25. The summed E-state index contributed by atoms with van der Waals surface area (Å²) in [6.45, 7) is 7.10. The van der Waals surface area contributed by atoms with Gasteiger partial charge < -0.3 is 4.74 Å². The topological polar surface area (TPSA) is 39.9 Å². The molecule has 0 N–H and O–H groups in total. The summed E-state index contributed by atoms with van der Waals surface area (Å²) in [6.07, 6.45) is 3.39. The van der Waals surface area contributed by atoms with E-state index in [1.807, 2.05) is 4.57 Å². The van der Waals surface area contributed by atoms with Crippen molar-refractivity contribution in [1.29, 1.82) is 0 Å². The van der Waals surface area contributed by atoms with Crippen molar-refractivity contribution in [2.75, 3.05) is 7.11 Å². The quantitative estimate of drug-likeness (QED) is 0.836. The van der Waals surface area contributed by atoms with E-state index in [-0.39, 0.29) is 11.0 Å². The number of ether oxygens (including phenoxy) is 1. The maximum atomic E-state index is 6.13. The van der Waals surface area contributed by atoms with Crippen LogP contribution in [0, 0.1) is 0 Å². The molecule has 1 aliphatic rings. The van der Waals surface area contributed by atoms with Gasteiger partial charge in [-0.2, -0.15) is 0 Å². The predicted molar refractivity (Wildman–Crippen MR) is 67.3 cm³/mol. The standard InChI is InChI=1S/C12H20ClN3O/c1-11(2,3)9-14-15-10(13)16(9)8-12(17-4)6-5-7-12/h5-8H2,1-4H3. The molecule has 0 spiro atoms. The van der Waals surface area contributed by atoms with E-state index < -0.39 is 0 Å². The fraction of sp³-hybridized carbons (Fsp3) is 0.833. The summed E-state index contributed by atoms with van der Waals surface area (Å²) in [7, 11) is 1.77. The molecular formula is C12H20ClN3O.